The molecule has 28 heavy (non-hydrogen) atoms. The maximum atomic E-state index is 12.5. The molecule has 0 aromatic carbocycles. The number of hydrogen-bond donors (Lipinski definition) is 0. The standard InChI is InChI=1S/C26H52O2/c1-5-9-12-14-15-17-19-21-24(20-18-16-13-10-6-2)23-28-26(27)25(8-4)22-11-7-3/h24-25H,5-23H2,1-4H3. The molecule has 2 atom stereocenters. The molecule has 0 aliphatic carbocycles. The van der Waals surface area contributed by atoms with Gasteiger partial charge in [0.25, 0.3) is 0 Å². The van der Waals surface area contributed by atoms with Crippen molar-refractivity contribution in [3.8, 4) is 0 Å². The number of unbranched alkanes of at least 4 members (excludes halogenated alkanes) is 11. The fourth-order valence-electron chi connectivity index (χ4n) is 3.99. The van der Waals surface area contributed by atoms with E-state index in [4.69, 9.17) is 4.74 Å². The van der Waals surface area contributed by atoms with E-state index in [0.717, 1.165) is 25.7 Å². The lowest BCUT2D eigenvalue weighted by Gasteiger charge is -2.20. The van der Waals surface area contributed by atoms with Gasteiger partial charge in [-0.2, -0.15) is 0 Å². The molecule has 0 bridgehead atoms. The molecule has 0 aromatic rings. The van der Waals surface area contributed by atoms with Gasteiger partial charge in [-0.1, -0.05) is 118 Å². The van der Waals surface area contributed by atoms with E-state index in [1.165, 1.54) is 89.9 Å². The van der Waals surface area contributed by atoms with Gasteiger partial charge in [0, 0.05) is 0 Å². The minimum Gasteiger partial charge on any atom is -0.465 e. The Kier molecular flexibility index (Phi) is 20.8. The number of carbonyl (C=O) groups excluding carboxylic acids is 1. The number of hydrogen-bond acceptors (Lipinski definition) is 2. The van der Waals surface area contributed by atoms with Crippen LogP contribution in [-0.4, -0.2) is 12.6 Å². The zero-order valence-corrected chi connectivity index (χ0v) is 19.9. The van der Waals surface area contributed by atoms with E-state index in [9.17, 15) is 4.79 Å². The molecule has 2 heteroatoms. The monoisotopic (exact) mass is 396 g/mol. The highest BCUT2D eigenvalue weighted by molar-refractivity contribution is 5.72. The molecule has 0 aromatic heterocycles. The first-order valence-electron chi connectivity index (χ1n) is 12.9. The van der Waals surface area contributed by atoms with Gasteiger partial charge in [-0.25, -0.2) is 0 Å². The van der Waals surface area contributed by atoms with Crippen LogP contribution in [0.2, 0.25) is 0 Å². The molecule has 168 valence electrons. The molecule has 0 amide bonds. The fraction of sp³-hybridized carbons (Fsp3) is 0.962. The van der Waals surface area contributed by atoms with E-state index in [0.29, 0.717) is 12.5 Å². The molecule has 0 spiro atoms. The molecule has 0 saturated carbocycles. The smallest absolute Gasteiger partial charge is 0.308 e. The Labute approximate surface area is 177 Å². The van der Waals surface area contributed by atoms with E-state index in [1.54, 1.807) is 0 Å². The number of carbonyl (C=O) groups is 1. The lowest BCUT2D eigenvalue weighted by Crippen LogP contribution is -2.21. The highest BCUT2D eigenvalue weighted by atomic mass is 16.5. The second-order valence-electron chi connectivity index (χ2n) is 8.86. The van der Waals surface area contributed by atoms with Gasteiger partial charge in [0.15, 0.2) is 0 Å². The van der Waals surface area contributed by atoms with E-state index >= 15 is 0 Å². The quantitative estimate of drug-likeness (QED) is 0.143. The summed E-state index contributed by atoms with van der Waals surface area (Å²) < 4.78 is 5.80. The summed E-state index contributed by atoms with van der Waals surface area (Å²) in [7, 11) is 0. The van der Waals surface area contributed by atoms with Gasteiger partial charge in [-0.3, -0.25) is 4.79 Å². The van der Waals surface area contributed by atoms with Gasteiger partial charge < -0.3 is 4.74 Å². The van der Waals surface area contributed by atoms with Crippen LogP contribution in [0.25, 0.3) is 0 Å². The van der Waals surface area contributed by atoms with Crippen molar-refractivity contribution in [3.63, 3.8) is 0 Å². The van der Waals surface area contributed by atoms with Gasteiger partial charge >= 0.3 is 5.97 Å². The summed E-state index contributed by atoms with van der Waals surface area (Å²) >= 11 is 0. The number of ether oxygens (including phenoxy) is 1. The Morgan fingerprint density at radius 2 is 1.07 bits per heavy atom. The first-order valence-corrected chi connectivity index (χ1v) is 12.9. The van der Waals surface area contributed by atoms with Gasteiger partial charge in [0.05, 0.1) is 12.5 Å². The predicted octanol–water partition coefficient (Wildman–Crippen LogP) is 8.86. The summed E-state index contributed by atoms with van der Waals surface area (Å²) in [6.45, 7) is 9.51. The van der Waals surface area contributed by atoms with Crippen molar-refractivity contribution in [2.24, 2.45) is 11.8 Å². The maximum Gasteiger partial charge on any atom is 0.308 e. The fourth-order valence-corrected chi connectivity index (χ4v) is 3.99. The topological polar surface area (TPSA) is 26.3 Å². The maximum absolute atomic E-state index is 12.5. The summed E-state index contributed by atoms with van der Waals surface area (Å²) in [5.41, 5.74) is 0. The second kappa shape index (κ2) is 21.2. The van der Waals surface area contributed by atoms with Crippen molar-refractivity contribution in [1.29, 1.82) is 0 Å². The van der Waals surface area contributed by atoms with Gasteiger partial charge in [0.2, 0.25) is 0 Å². The van der Waals surface area contributed by atoms with Crippen molar-refractivity contribution < 1.29 is 9.53 Å². The van der Waals surface area contributed by atoms with Crippen LogP contribution in [0, 0.1) is 11.8 Å². The van der Waals surface area contributed by atoms with Crippen LogP contribution in [0.5, 0.6) is 0 Å². The summed E-state index contributed by atoms with van der Waals surface area (Å²) in [6.07, 6.45) is 22.8. The van der Waals surface area contributed by atoms with Crippen molar-refractivity contribution >= 4 is 5.97 Å². The molecular weight excluding hydrogens is 344 g/mol. The number of esters is 1. The van der Waals surface area contributed by atoms with Crippen LogP contribution >= 0.6 is 0 Å². The van der Waals surface area contributed by atoms with Crippen LogP contribution in [-0.2, 0) is 9.53 Å². The molecule has 0 N–H and O–H groups in total. The highest BCUT2D eigenvalue weighted by Gasteiger charge is 2.19. The van der Waals surface area contributed by atoms with Crippen LogP contribution < -0.4 is 0 Å². The molecule has 2 unspecified atom stereocenters. The molecule has 0 radical (unpaired) electrons. The SMILES string of the molecule is CCCCCCCCCC(CCCCCCC)COC(=O)C(CC)CCCC. The summed E-state index contributed by atoms with van der Waals surface area (Å²) in [5.74, 6) is 0.750. The van der Waals surface area contributed by atoms with Gasteiger partial charge in [-0.05, 0) is 31.6 Å². The van der Waals surface area contributed by atoms with Crippen molar-refractivity contribution in [3.05, 3.63) is 0 Å². The van der Waals surface area contributed by atoms with Crippen LogP contribution in [0.15, 0.2) is 0 Å². The zero-order chi connectivity index (χ0) is 20.9. The Balaban J connectivity index is 4.20. The largest absolute Gasteiger partial charge is 0.465 e. The molecule has 0 aliphatic heterocycles. The molecule has 0 aliphatic rings. The average molecular weight is 397 g/mol. The summed E-state index contributed by atoms with van der Waals surface area (Å²) in [6, 6.07) is 0. The third-order valence-electron chi connectivity index (χ3n) is 6.13. The Morgan fingerprint density at radius 3 is 1.54 bits per heavy atom. The molecule has 0 heterocycles. The second-order valence-corrected chi connectivity index (χ2v) is 8.86. The Bertz CT molecular complexity index is 326. The molecule has 0 rings (SSSR count). The van der Waals surface area contributed by atoms with Crippen molar-refractivity contribution in [2.45, 2.75) is 143 Å². The van der Waals surface area contributed by atoms with E-state index in [-0.39, 0.29) is 11.9 Å². The summed E-state index contributed by atoms with van der Waals surface area (Å²) in [5, 5.41) is 0. The number of rotatable bonds is 21. The Hall–Kier alpha value is -0.530. The van der Waals surface area contributed by atoms with E-state index in [1.807, 2.05) is 0 Å². The third-order valence-corrected chi connectivity index (χ3v) is 6.13. The minimum absolute atomic E-state index is 0.0616. The van der Waals surface area contributed by atoms with Crippen molar-refractivity contribution in [1.82, 2.24) is 0 Å². The molecule has 2 nitrogen and oxygen atoms in total. The van der Waals surface area contributed by atoms with Gasteiger partial charge in [0.1, 0.15) is 0 Å². The summed E-state index contributed by atoms with van der Waals surface area (Å²) in [4.78, 5) is 12.5. The first-order chi connectivity index (χ1) is 13.7. The van der Waals surface area contributed by atoms with E-state index in [2.05, 4.69) is 27.7 Å². The lowest BCUT2D eigenvalue weighted by molar-refractivity contribution is -0.150. The molecule has 0 fully saturated rings. The van der Waals surface area contributed by atoms with Gasteiger partial charge in [-0.15, -0.1) is 0 Å². The molecule has 0 saturated heterocycles. The van der Waals surface area contributed by atoms with Crippen LogP contribution in [0.3, 0.4) is 0 Å². The minimum atomic E-state index is 0.0616. The zero-order valence-electron chi connectivity index (χ0n) is 19.9. The predicted molar refractivity (Wildman–Crippen MR) is 124 cm³/mol. The third kappa shape index (κ3) is 16.4. The van der Waals surface area contributed by atoms with E-state index < -0.39 is 0 Å². The normalized spacial score (nSPS) is 13.4. The average Bonchev–Trinajstić information content (AvgIpc) is 2.71. The van der Waals surface area contributed by atoms with Crippen molar-refractivity contribution in [2.75, 3.05) is 6.61 Å². The highest BCUT2D eigenvalue weighted by Crippen LogP contribution is 2.21. The first kappa shape index (κ1) is 27.5. The lowest BCUT2D eigenvalue weighted by atomic mass is 9.94. The Morgan fingerprint density at radius 1 is 0.607 bits per heavy atom. The molecular formula is C26H52O2. The van der Waals surface area contributed by atoms with Crippen LogP contribution in [0.1, 0.15) is 143 Å². The van der Waals surface area contributed by atoms with Crippen LogP contribution in [0.4, 0.5) is 0 Å².